The molecule has 5 nitrogen and oxygen atoms in total. The summed E-state index contributed by atoms with van der Waals surface area (Å²) in [6.45, 7) is 5.49. The van der Waals surface area contributed by atoms with E-state index in [9.17, 15) is 14.7 Å². The number of phenolic OH excluding ortho intramolecular Hbond substituents is 1. The first kappa shape index (κ1) is 19.0. The Kier molecular flexibility index (Phi) is 6.20. The third-order valence-corrected chi connectivity index (χ3v) is 4.41. The molecule has 0 radical (unpaired) electrons. The molecule has 1 amide bonds. The van der Waals surface area contributed by atoms with E-state index in [-0.39, 0.29) is 17.4 Å². The van der Waals surface area contributed by atoms with Gasteiger partial charge in [-0.25, -0.2) is 4.79 Å². The highest BCUT2D eigenvalue weighted by atomic mass is 79.9. The highest BCUT2D eigenvalue weighted by Gasteiger charge is 2.16. The lowest BCUT2D eigenvalue weighted by Crippen LogP contribution is -2.31. The van der Waals surface area contributed by atoms with Crippen molar-refractivity contribution in [1.29, 1.82) is 0 Å². The van der Waals surface area contributed by atoms with Crippen molar-refractivity contribution in [2.75, 3.05) is 6.61 Å². The first-order chi connectivity index (χ1) is 11.8. The van der Waals surface area contributed by atoms with E-state index in [4.69, 9.17) is 4.74 Å². The summed E-state index contributed by atoms with van der Waals surface area (Å²) >= 11 is 3.22. The lowest BCUT2D eigenvalue weighted by molar-refractivity contribution is -0.124. The Hall–Kier alpha value is -2.34. The van der Waals surface area contributed by atoms with E-state index in [1.165, 1.54) is 17.7 Å². The van der Waals surface area contributed by atoms with Crippen LogP contribution in [0.25, 0.3) is 0 Å². The Bertz CT molecular complexity index is 804. The molecule has 2 rings (SSSR count). The zero-order valence-electron chi connectivity index (χ0n) is 14.3. The maximum absolute atomic E-state index is 12.0. The summed E-state index contributed by atoms with van der Waals surface area (Å²) in [7, 11) is 0. The molecule has 0 aliphatic carbocycles. The number of hydrogen-bond donors (Lipinski definition) is 2. The molecule has 0 unspecified atom stereocenters. The number of esters is 1. The molecule has 0 saturated heterocycles. The van der Waals surface area contributed by atoms with Gasteiger partial charge in [-0.1, -0.05) is 34.1 Å². The van der Waals surface area contributed by atoms with E-state index in [1.54, 1.807) is 6.07 Å². The SMILES string of the molecule is Cc1ccc([C@@H](C)NC(=O)COC(=O)c2cc(Br)ccc2O)cc1C. The van der Waals surface area contributed by atoms with Crippen LogP contribution in [0.1, 0.15) is 40.0 Å². The van der Waals surface area contributed by atoms with Crippen molar-refractivity contribution in [3.05, 3.63) is 63.1 Å². The number of rotatable bonds is 5. The van der Waals surface area contributed by atoms with Gasteiger partial charge < -0.3 is 15.2 Å². The van der Waals surface area contributed by atoms with Crippen molar-refractivity contribution >= 4 is 27.8 Å². The molecule has 132 valence electrons. The number of carbonyl (C=O) groups excluding carboxylic acids is 2. The Morgan fingerprint density at radius 1 is 1.16 bits per heavy atom. The summed E-state index contributed by atoms with van der Waals surface area (Å²) in [6, 6.07) is 10.2. The second-order valence-corrected chi connectivity index (χ2v) is 6.79. The van der Waals surface area contributed by atoms with Crippen molar-refractivity contribution in [2.24, 2.45) is 0 Å². The fourth-order valence-corrected chi connectivity index (χ4v) is 2.64. The molecule has 0 bridgehead atoms. The average Bonchev–Trinajstić information content (AvgIpc) is 2.57. The fraction of sp³-hybridized carbons (Fsp3) is 0.263. The molecule has 0 saturated carbocycles. The number of nitrogens with one attached hydrogen (secondary N) is 1. The van der Waals surface area contributed by atoms with Gasteiger partial charge in [-0.2, -0.15) is 0 Å². The van der Waals surface area contributed by atoms with Crippen LogP contribution in [0, 0.1) is 13.8 Å². The lowest BCUT2D eigenvalue weighted by atomic mass is 10.0. The molecular weight excluding hydrogens is 386 g/mol. The van der Waals surface area contributed by atoms with Gasteiger partial charge in [-0.05, 0) is 55.7 Å². The fourth-order valence-electron chi connectivity index (χ4n) is 2.28. The van der Waals surface area contributed by atoms with Crippen molar-refractivity contribution in [3.8, 4) is 5.75 Å². The van der Waals surface area contributed by atoms with Gasteiger partial charge in [0, 0.05) is 4.47 Å². The van der Waals surface area contributed by atoms with E-state index in [0.717, 1.165) is 11.1 Å². The number of phenols is 1. The highest BCUT2D eigenvalue weighted by molar-refractivity contribution is 9.10. The van der Waals surface area contributed by atoms with Gasteiger partial charge in [0.15, 0.2) is 6.61 Å². The predicted octanol–water partition coefficient (Wildman–Crippen LogP) is 3.81. The predicted molar refractivity (Wildman–Crippen MR) is 98.6 cm³/mol. The maximum atomic E-state index is 12.0. The largest absolute Gasteiger partial charge is 0.507 e. The highest BCUT2D eigenvalue weighted by Crippen LogP contribution is 2.22. The van der Waals surface area contributed by atoms with E-state index < -0.39 is 18.5 Å². The lowest BCUT2D eigenvalue weighted by Gasteiger charge is -2.16. The molecule has 2 N–H and O–H groups in total. The van der Waals surface area contributed by atoms with Crippen LogP contribution in [0.4, 0.5) is 0 Å². The number of aryl methyl sites for hydroxylation is 2. The Labute approximate surface area is 155 Å². The van der Waals surface area contributed by atoms with E-state index in [0.29, 0.717) is 4.47 Å². The number of benzene rings is 2. The molecule has 6 heteroatoms. The van der Waals surface area contributed by atoms with Crippen LogP contribution >= 0.6 is 15.9 Å². The molecule has 2 aromatic carbocycles. The Morgan fingerprint density at radius 3 is 2.56 bits per heavy atom. The zero-order chi connectivity index (χ0) is 18.6. The van der Waals surface area contributed by atoms with E-state index in [1.807, 2.05) is 39.0 Å². The van der Waals surface area contributed by atoms with Crippen molar-refractivity contribution in [1.82, 2.24) is 5.32 Å². The minimum Gasteiger partial charge on any atom is -0.507 e. The molecular formula is C19H20BrNO4. The molecule has 2 aromatic rings. The third-order valence-electron chi connectivity index (χ3n) is 3.92. The van der Waals surface area contributed by atoms with Crippen LogP contribution in [-0.2, 0) is 9.53 Å². The van der Waals surface area contributed by atoms with Crippen LogP contribution in [0.3, 0.4) is 0 Å². The van der Waals surface area contributed by atoms with Gasteiger partial charge >= 0.3 is 5.97 Å². The van der Waals surface area contributed by atoms with Crippen molar-refractivity contribution in [3.63, 3.8) is 0 Å². The number of aromatic hydroxyl groups is 1. The average molecular weight is 406 g/mol. The third kappa shape index (κ3) is 5.06. The quantitative estimate of drug-likeness (QED) is 0.741. The molecule has 0 fully saturated rings. The second kappa shape index (κ2) is 8.16. The first-order valence-electron chi connectivity index (χ1n) is 7.80. The van der Waals surface area contributed by atoms with Gasteiger partial charge in [0.2, 0.25) is 0 Å². The first-order valence-corrected chi connectivity index (χ1v) is 8.59. The van der Waals surface area contributed by atoms with Crippen LogP contribution < -0.4 is 5.32 Å². The normalized spacial score (nSPS) is 11.7. The minimum absolute atomic E-state index is 0.00406. The maximum Gasteiger partial charge on any atom is 0.342 e. The van der Waals surface area contributed by atoms with Crippen LogP contribution in [-0.4, -0.2) is 23.6 Å². The van der Waals surface area contributed by atoms with Crippen molar-refractivity contribution in [2.45, 2.75) is 26.8 Å². The summed E-state index contributed by atoms with van der Waals surface area (Å²) in [5, 5.41) is 12.5. The molecule has 0 aromatic heterocycles. The molecule has 0 aliphatic rings. The van der Waals surface area contributed by atoms with Gasteiger partial charge in [0.1, 0.15) is 11.3 Å². The number of halogens is 1. The standard InChI is InChI=1S/C19H20BrNO4/c1-11-4-5-14(8-12(11)2)13(3)21-18(23)10-25-19(24)16-9-15(20)6-7-17(16)22/h4-9,13,22H,10H2,1-3H3,(H,21,23)/t13-/m1/s1. The summed E-state index contributed by atoms with van der Waals surface area (Å²) in [6.07, 6.45) is 0. The van der Waals surface area contributed by atoms with E-state index >= 15 is 0 Å². The van der Waals surface area contributed by atoms with Crippen molar-refractivity contribution < 1.29 is 19.4 Å². The summed E-state index contributed by atoms with van der Waals surface area (Å²) < 4.78 is 5.60. The topological polar surface area (TPSA) is 75.6 Å². The van der Waals surface area contributed by atoms with Gasteiger partial charge in [0.25, 0.3) is 5.91 Å². The van der Waals surface area contributed by atoms with Gasteiger partial charge in [0.05, 0.1) is 6.04 Å². The zero-order valence-corrected chi connectivity index (χ0v) is 15.9. The monoisotopic (exact) mass is 405 g/mol. The molecule has 1 atom stereocenters. The second-order valence-electron chi connectivity index (χ2n) is 5.87. The molecule has 0 heterocycles. The summed E-state index contributed by atoms with van der Waals surface area (Å²) in [4.78, 5) is 24.0. The number of amides is 1. The number of hydrogen-bond acceptors (Lipinski definition) is 4. The Balaban J connectivity index is 1.92. The van der Waals surface area contributed by atoms with Gasteiger partial charge in [-0.3, -0.25) is 4.79 Å². The molecule has 25 heavy (non-hydrogen) atoms. The van der Waals surface area contributed by atoms with Gasteiger partial charge in [-0.15, -0.1) is 0 Å². The smallest absolute Gasteiger partial charge is 0.342 e. The molecule has 0 spiro atoms. The minimum atomic E-state index is -0.757. The van der Waals surface area contributed by atoms with Crippen LogP contribution in [0.5, 0.6) is 5.75 Å². The summed E-state index contributed by atoms with van der Waals surface area (Å²) in [5.74, 6) is -1.36. The number of ether oxygens (including phenoxy) is 1. The van der Waals surface area contributed by atoms with E-state index in [2.05, 4.69) is 21.2 Å². The Morgan fingerprint density at radius 2 is 1.88 bits per heavy atom. The van der Waals surface area contributed by atoms with Crippen LogP contribution in [0.2, 0.25) is 0 Å². The van der Waals surface area contributed by atoms with Crippen LogP contribution in [0.15, 0.2) is 40.9 Å². The summed E-state index contributed by atoms with van der Waals surface area (Å²) in [5.41, 5.74) is 3.32. The number of carbonyl (C=O) groups is 2. The molecule has 0 aliphatic heterocycles.